The molecule has 8 aromatic rings. The van der Waals surface area contributed by atoms with E-state index in [1.165, 1.54) is 23.5 Å². The molecule has 0 amide bonds. The van der Waals surface area contributed by atoms with Gasteiger partial charge in [0.15, 0.2) is 11.4 Å². The summed E-state index contributed by atoms with van der Waals surface area (Å²) in [6, 6.07) is 39.4. The van der Waals surface area contributed by atoms with Crippen molar-refractivity contribution in [1.82, 2.24) is 9.55 Å². The standard InChI is InChI=1S/C41H19FN6S/c1-45-31-15-24(22-43)13-28(17-31)26-7-11-38-34(19-26)35-20-27(29-14-25(23-44)16-32(18-29)46-2)8-12-39(35)48(38)37-6-4-3-5-33(37)41-47-36-10-9-30(42)21-40(36)49-41/h3-21H. The molecule has 0 bridgehead atoms. The summed E-state index contributed by atoms with van der Waals surface area (Å²) in [5.41, 5.74) is 9.16. The average molecular weight is 647 g/mol. The SMILES string of the molecule is [C-]#[N+]c1cc(C#N)cc(-c2ccc3c(c2)c2cc(-c4cc(C#N)cc([N+]#[C-])c4)ccc2n3-c2ccccc2-c2nc3ccc(F)cc3s2)c1. The number of benzene rings is 6. The van der Waals surface area contributed by atoms with Crippen LogP contribution in [0.5, 0.6) is 0 Å². The summed E-state index contributed by atoms with van der Waals surface area (Å²) in [7, 11) is 0. The first-order valence-electron chi connectivity index (χ1n) is 15.1. The molecule has 6 nitrogen and oxygen atoms in total. The fraction of sp³-hybridized carbons (Fsp3) is 0. The summed E-state index contributed by atoms with van der Waals surface area (Å²) in [6.45, 7) is 15.1. The maximum absolute atomic E-state index is 14.1. The third-order valence-electron chi connectivity index (χ3n) is 8.51. The monoisotopic (exact) mass is 646 g/mol. The number of rotatable bonds is 4. The van der Waals surface area contributed by atoms with Gasteiger partial charge in [-0.15, -0.1) is 11.3 Å². The van der Waals surface area contributed by atoms with E-state index in [9.17, 15) is 14.9 Å². The minimum Gasteiger partial charge on any atom is -0.309 e. The number of hydrogen-bond donors (Lipinski definition) is 0. The summed E-state index contributed by atoms with van der Waals surface area (Å²) < 4.78 is 17.0. The molecule has 49 heavy (non-hydrogen) atoms. The van der Waals surface area contributed by atoms with Crippen LogP contribution < -0.4 is 0 Å². The highest BCUT2D eigenvalue weighted by Gasteiger charge is 2.19. The molecule has 6 aromatic carbocycles. The Hall–Kier alpha value is -7.10. The number of halogens is 1. The molecule has 0 unspecified atom stereocenters. The quantitative estimate of drug-likeness (QED) is 0.179. The van der Waals surface area contributed by atoms with E-state index in [0.29, 0.717) is 22.5 Å². The zero-order chi connectivity index (χ0) is 33.6. The molecule has 0 radical (unpaired) electrons. The molecule has 8 rings (SSSR count). The molecule has 0 aliphatic carbocycles. The lowest BCUT2D eigenvalue weighted by atomic mass is 9.98. The molecule has 0 aliphatic rings. The predicted molar refractivity (Wildman–Crippen MR) is 192 cm³/mol. The first-order chi connectivity index (χ1) is 24.0. The molecule has 2 aromatic heterocycles. The minimum atomic E-state index is -0.308. The molecule has 2 heterocycles. The van der Waals surface area contributed by atoms with Gasteiger partial charge in [0.05, 0.1) is 52.2 Å². The fourth-order valence-electron chi connectivity index (χ4n) is 6.32. The molecule has 0 saturated carbocycles. The minimum absolute atomic E-state index is 0.308. The number of hydrogen-bond acceptors (Lipinski definition) is 4. The van der Waals surface area contributed by atoms with Gasteiger partial charge in [0, 0.05) is 27.5 Å². The van der Waals surface area contributed by atoms with Crippen LogP contribution in [0.1, 0.15) is 11.1 Å². The van der Waals surface area contributed by atoms with Gasteiger partial charge in [0.2, 0.25) is 0 Å². The van der Waals surface area contributed by atoms with E-state index in [1.807, 2.05) is 48.5 Å². The first kappa shape index (κ1) is 29.3. The van der Waals surface area contributed by atoms with Crippen molar-refractivity contribution in [3.63, 3.8) is 0 Å². The van der Waals surface area contributed by atoms with Crippen LogP contribution in [0.4, 0.5) is 15.8 Å². The van der Waals surface area contributed by atoms with Gasteiger partial charge in [-0.3, -0.25) is 0 Å². The van der Waals surface area contributed by atoms with Crippen LogP contribution in [0.2, 0.25) is 0 Å². The number of nitriles is 2. The Balaban J connectivity index is 1.41. The van der Waals surface area contributed by atoms with E-state index in [-0.39, 0.29) is 5.82 Å². The van der Waals surface area contributed by atoms with Crippen LogP contribution in [0.25, 0.3) is 80.2 Å². The smallest absolute Gasteiger partial charge is 0.189 e. The van der Waals surface area contributed by atoms with Crippen LogP contribution in [0.3, 0.4) is 0 Å². The van der Waals surface area contributed by atoms with Crippen molar-refractivity contribution in [3.8, 4) is 50.7 Å². The molecule has 226 valence electrons. The van der Waals surface area contributed by atoms with E-state index in [4.69, 9.17) is 18.1 Å². The van der Waals surface area contributed by atoms with Crippen molar-refractivity contribution < 1.29 is 4.39 Å². The van der Waals surface area contributed by atoms with Gasteiger partial charge in [0.1, 0.15) is 10.8 Å². The second-order valence-electron chi connectivity index (χ2n) is 11.4. The van der Waals surface area contributed by atoms with Gasteiger partial charge in [-0.25, -0.2) is 19.1 Å². The second kappa shape index (κ2) is 11.6. The second-order valence-corrected chi connectivity index (χ2v) is 12.5. The molecular formula is C41H19FN6S. The molecule has 0 atom stereocenters. The Morgan fingerprint density at radius 2 is 1.24 bits per heavy atom. The Labute approximate surface area is 284 Å². The van der Waals surface area contributed by atoms with Crippen molar-refractivity contribution in [2.24, 2.45) is 0 Å². The lowest BCUT2D eigenvalue weighted by Crippen LogP contribution is -1.97. The van der Waals surface area contributed by atoms with Gasteiger partial charge in [-0.2, -0.15) is 10.5 Å². The van der Waals surface area contributed by atoms with Gasteiger partial charge in [-0.1, -0.05) is 24.3 Å². The highest BCUT2D eigenvalue weighted by atomic mass is 32.1. The van der Waals surface area contributed by atoms with E-state index in [0.717, 1.165) is 70.5 Å². The largest absolute Gasteiger partial charge is 0.309 e. The van der Waals surface area contributed by atoms with Gasteiger partial charge >= 0.3 is 0 Å². The van der Waals surface area contributed by atoms with Crippen molar-refractivity contribution in [2.75, 3.05) is 0 Å². The van der Waals surface area contributed by atoms with Crippen LogP contribution in [0, 0.1) is 41.6 Å². The van der Waals surface area contributed by atoms with Crippen LogP contribution in [0.15, 0.2) is 115 Å². The van der Waals surface area contributed by atoms with Gasteiger partial charge in [0.25, 0.3) is 0 Å². The Morgan fingerprint density at radius 1 is 0.653 bits per heavy atom. The maximum atomic E-state index is 14.1. The maximum Gasteiger partial charge on any atom is 0.189 e. The Bertz CT molecular complexity index is 2660. The van der Waals surface area contributed by atoms with E-state index in [2.05, 4.69) is 38.5 Å². The first-order valence-corrected chi connectivity index (χ1v) is 15.9. The number of aromatic nitrogens is 2. The number of para-hydroxylation sites is 1. The van der Waals surface area contributed by atoms with Crippen LogP contribution >= 0.6 is 11.3 Å². The van der Waals surface area contributed by atoms with E-state index < -0.39 is 0 Å². The highest BCUT2D eigenvalue weighted by Crippen LogP contribution is 2.41. The Kier molecular flexibility index (Phi) is 6.94. The van der Waals surface area contributed by atoms with Gasteiger partial charge in [-0.05, 0) is 113 Å². The average Bonchev–Trinajstić information content (AvgIpc) is 3.72. The lowest BCUT2D eigenvalue weighted by Gasteiger charge is -2.13. The summed E-state index contributed by atoms with van der Waals surface area (Å²) in [6.07, 6.45) is 0. The third kappa shape index (κ3) is 5.03. The molecular weight excluding hydrogens is 628 g/mol. The molecule has 0 N–H and O–H groups in total. The van der Waals surface area contributed by atoms with Crippen molar-refractivity contribution in [3.05, 3.63) is 155 Å². The van der Waals surface area contributed by atoms with E-state index in [1.54, 1.807) is 42.5 Å². The number of fused-ring (bicyclic) bond motifs is 4. The topological polar surface area (TPSA) is 74.1 Å². The summed E-state index contributed by atoms with van der Waals surface area (Å²) in [5, 5.41) is 21.9. The van der Waals surface area contributed by atoms with Crippen molar-refractivity contribution in [1.29, 1.82) is 10.5 Å². The summed E-state index contributed by atoms with van der Waals surface area (Å²) in [4.78, 5) is 12.0. The number of nitrogens with zero attached hydrogens (tertiary/aromatic N) is 6. The zero-order valence-electron chi connectivity index (χ0n) is 25.4. The molecule has 0 aliphatic heterocycles. The highest BCUT2D eigenvalue weighted by molar-refractivity contribution is 7.21. The molecule has 0 fully saturated rings. The van der Waals surface area contributed by atoms with Crippen LogP contribution in [-0.2, 0) is 0 Å². The molecule has 8 heteroatoms. The molecule has 0 spiro atoms. The van der Waals surface area contributed by atoms with Gasteiger partial charge < -0.3 is 4.57 Å². The predicted octanol–water partition coefficient (Wildman–Crippen LogP) is 11.4. The summed E-state index contributed by atoms with van der Waals surface area (Å²) >= 11 is 1.43. The van der Waals surface area contributed by atoms with Crippen molar-refractivity contribution >= 4 is 54.7 Å². The normalized spacial score (nSPS) is 10.9. The fourth-order valence-corrected chi connectivity index (χ4v) is 7.34. The Morgan fingerprint density at radius 3 is 1.82 bits per heavy atom. The van der Waals surface area contributed by atoms with Crippen molar-refractivity contribution in [2.45, 2.75) is 0 Å². The van der Waals surface area contributed by atoms with Crippen LogP contribution in [-0.4, -0.2) is 9.55 Å². The third-order valence-corrected chi connectivity index (χ3v) is 9.56. The summed E-state index contributed by atoms with van der Waals surface area (Å²) in [5.74, 6) is -0.308. The van der Waals surface area contributed by atoms with E-state index >= 15 is 0 Å². The number of thiazole rings is 1. The molecule has 0 saturated heterocycles. The lowest BCUT2D eigenvalue weighted by molar-refractivity contribution is 0.630. The zero-order valence-corrected chi connectivity index (χ0v) is 26.3.